The zero-order valence-corrected chi connectivity index (χ0v) is 6.85. The quantitative estimate of drug-likeness (QED) is 0.645. The van der Waals surface area contributed by atoms with Crippen molar-refractivity contribution in [2.24, 2.45) is 5.92 Å². The number of alkyl halides is 1. The van der Waals surface area contributed by atoms with Crippen molar-refractivity contribution in [3.8, 4) is 0 Å². The summed E-state index contributed by atoms with van der Waals surface area (Å²) in [7, 11) is 0. The van der Waals surface area contributed by atoms with Crippen molar-refractivity contribution in [1.82, 2.24) is 5.32 Å². The molecule has 1 saturated carbocycles. The van der Waals surface area contributed by atoms with Crippen molar-refractivity contribution in [2.45, 2.75) is 44.3 Å². The number of rotatable bonds is 2. The van der Waals surface area contributed by atoms with Gasteiger partial charge in [-0.25, -0.2) is 4.39 Å². The van der Waals surface area contributed by atoms with Crippen molar-refractivity contribution in [3.05, 3.63) is 0 Å². The molecule has 0 bridgehead atoms. The Balaban J connectivity index is 1.82. The van der Waals surface area contributed by atoms with Gasteiger partial charge in [0.1, 0.15) is 6.17 Å². The number of hydrogen-bond acceptors (Lipinski definition) is 1. The van der Waals surface area contributed by atoms with Crippen molar-refractivity contribution >= 4 is 0 Å². The SMILES string of the molecule is FC(C1CCC1)C1CCCN1. The van der Waals surface area contributed by atoms with E-state index in [1.807, 2.05) is 0 Å². The fraction of sp³-hybridized carbons (Fsp3) is 1.00. The molecule has 11 heavy (non-hydrogen) atoms. The largest absolute Gasteiger partial charge is 0.311 e. The summed E-state index contributed by atoms with van der Waals surface area (Å²) in [6.07, 6.45) is 5.16. The van der Waals surface area contributed by atoms with Gasteiger partial charge in [-0.2, -0.15) is 0 Å². The van der Waals surface area contributed by atoms with Gasteiger partial charge in [0.15, 0.2) is 0 Å². The summed E-state index contributed by atoms with van der Waals surface area (Å²) < 4.78 is 13.5. The van der Waals surface area contributed by atoms with Crippen LogP contribution in [0.5, 0.6) is 0 Å². The van der Waals surface area contributed by atoms with E-state index < -0.39 is 6.17 Å². The van der Waals surface area contributed by atoms with Gasteiger partial charge in [0.25, 0.3) is 0 Å². The molecule has 1 aliphatic carbocycles. The third-order valence-electron chi connectivity index (χ3n) is 3.08. The molecule has 0 aromatic heterocycles. The summed E-state index contributed by atoms with van der Waals surface area (Å²) in [4.78, 5) is 0. The zero-order valence-electron chi connectivity index (χ0n) is 6.85. The van der Waals surface area contributed by atoms with Gasteiger partial charge in [-0.1, -0.05) is 6.42 Å². The minimum absolute atomic E-state index is 0.195. The molecule has 1 heterocycles. The third kappa shape index (κ3) is 1.41. The first kappa shape index (κ1) is 7.53. The van der Waals surface area contributed by atoms with E-state index in [-0.39, 0.29) is 6.04 Å². The van der Waals surface area contributed by atoms with Crippen molar-refractivity contribution in [3.63, 3.8) is 0 Å². The first-order valence-electron chi connectivity index (χ1n) is 4.75. The van der Waals surface area contributed by atoms with E-state index in [0.717, 1.165) is 32.2 Å². The fourth-order valence-corrected chi connectivity index (χ4v) is 2.07. The maximum Gasteiger partial charge on any atom is 0.118 e. The maximum atomic E-state index is 13.5. The van der Waals surface area contributed by atoms with Gasteiger partial charge in [-0.05, 0) is 38.1 Å². The normalized spacial score (nSPS) is 35.2. The second-order valence-electron chi connectivity index (χ2n) is 3.84. The van der Waals surface area contributed by atoms with Crippen LogP contribution >= 0.6 is 0 Å². The Hall–Kier alpha value is -0.110. The fourth-order valence-electron chi connectivity index (χ4n) is 2.07. The highest BCUT2D eigenvalue weighted by molar-refractivity contribution is 4.89. The molecule has 2 heteroatoms. The first-order valence-corrected chi connectivity index (χ1v) is 4.75. The number of nitrogens with one attached hydrogen (secondary N) is 1. The van der Waals surface area contributed by atoms with Crippen LogP contribution < -0.4 is 5.32 Å². The lowest BCUT2D eigenvalue weighted by molar-refractivity contribution is 0.117. The van der Waals surface area contributed by atoms with Crippen LogP contribution in [0.25, 0.3) is 0 Å². The lowest BCUT2D eigenvalue weighted by Gasteiger charge is -2.31. The minimum atomic E-state index is -0.550. The van der Waals surface area contributed by atoms with Gasteiger partial charge in [0.2, 0.25) is 0 Å². The summed E-state index contributed by atoms with van der Waals surface area (Å²) in [5, 5.41) is 3.23. The van der Waals surface area contributed by atoms with E-state index in [2.05, 4.69) is 5.32 Å². The molecule has 0 spiro atoms. The third-order valence-corrected chi connectivity index (χ3v) is 3.08. The Bertz CT molecular complexity index is 128. The molecule has 0 amide bonds. The van der Waals surface area contributed by atoms with Crippen LogP contribution in [0.3, 0.4) is 0 Å². The van der Waals surface area contributed by atoms with Crippen LogP contribution in [0, 0.1) is 5.92 Å². The molecule has 64 valence electrons. The van der Waals surface area contributed by atoms with Gasteiger partial charge in [0.05, 0.1) is 0 Å². The predicted octanol–water partition coefficient (Wildman–Crippen LogP) is 1.88. The van der Waals surface area contributed by atoms with Gasteiger partial charge >= 0.3 is 0 Å². The molecule has 2 fully saturated rings. The molecule has 2 rings (SSSR count). The van der Waals surface area contributed by atoms with Crippen molar-refractivity contribution in [2.75, 3.05) is 6.54 Å². The Labute approximate surface area is 67.4 Å². The van der Waals surface area contributed by atoms with Crippen LogP contribution in [-0.4, -0.2) is 18.8 Å². The van der Waals surface area contributed by atoms with Gasteiger partial charge in [-0.3, -0.25) is 0 Å². The molecule has 0 aromatic rings. The summed E-state index contributed by atoms with van der Waals surface area (Å²) in [5.74, 6) is 0.394. The maximum absolute atomic E-state index is 13.5. The van der Waals surface area contributed by atoms with Crippen LogP contribution in [0.4, 0.5) is 4.39 Å². The van der Waals surface area contributed by atoms with E-state index in [9.17, 15) is 4.39 Å². The monoisotopic (exact) mass is 157 g/mol. The molecular formula is C9H16FN. The molecular weight excluding hydrogens is 141 g/mol. The van der Waals surface area contributed by atoms with Gasteiger partial charge in [0, 0.05) is 6.04 Å². The Kier molecular flexibility index (Phi) is 2.12. The van der Waals surface area contributed by atoms with Crippen LogP contribution in [0.1, 0.15) is 32.1 Å². The van der Waals surface area contributed by atoms with Gasteiger partial charge in [-0.15, -0.1) is 0 Å². The summed E-state index contributed by atoms with van der Waals surface area (Å²) in [6, 6.07) is 0.195. The lowest BCUT2D eigenvalue weighted by atomic mass is 9.79. The second-order valence-corrected chi connectivity index (χ2v) is 3.84. The molecule has 1 saturated heterocycles. The molecule has 1 nitrogen and oxygen atoms in total. The average molecular weight is 157 g/mol. The Morgan fingerprint density at radius 2 is 2.00 bits per heavy atom. The summed E-state index contributed by atoms with van der Waals surface area (Å²) in [5.41, 5.74) is 0. The van der Waals surface area contributed by atoms with Crippen molar-refractivity contribution < 1.29 is 4.39 Å². The van der Waals surface area contributed by atoms with E-state index >= 15 is 0 Å². The average Bonchev–Trinajstić information content (AvgIpc) is 2.32. The topological polar surface area (TPSA) is 12.0 Å². The Morgan fingerprint density at radius 1 is 1.18 bits per heavy atom. The molecule has 1 N–H and O–H groups in total. The number of halogens is 1. The standard InChI is InChI=1S/C9H16FN/c10-9(7-3-1-4-7)8-5-2-6-11-8/h7-9,11H,1-6H2. The van der Waals surface area contributed by atoms with Crippen LogP contribution in [-0.2, 0) is 0 Å². The first-order chi connectivity index (χ1) is 5.38. The molecule has 2 unspecified atom stereocenters. The summed E-state index contributed by atoms with van der Waals surface area (Å²) >= 11 is 0. The summed E-state index contributed by atoms with van der Waals surface area (Å²) in [6.45, 7) is 1.03. The van der Waals surface area contributed by atoms with Crippen molar-refractivity contribution in [1.29, 1.82) is 0 Å². The van der Waals surface area contributed by atoms with Crippen LogP contribution in [0.15, 0.2) is 0 Å². The molecule has 1 aliphatic heterocycles. The van der Waals surface area contributed by atoms with E-state index in [4.69, 9.17) is 0 Å². The minimum Gasteiger partial charge on any atom is -0.311 e. The highest BCUT2D eigenvalue weighted by Gasteiger charge is 2.34. The molecule has 2 atom stereocenters. The molecule has 0 aromatic carbocycles. The predicted molar refractivity (Wildman–Crippen MR) is 43.3 cm³/mol. The number of hydrogen-bond donors (Lipinski definition) is 1. The van der Waals surface area contributed by atoms with Crippen LogP contribution in [0.2, 0.25) is 0 Å². The van der Waals surface area contributed by atoms with E-state index in [1.54, 1.807) is 0 Å². The molecule has 0 radical (unpaired) electrons. The second kappa shape index (κ2) is 3.10. The Morgan fingerprint density at radius 3 is 2.45 bits per heavy atom. The highest BCUT2D eigenvalue weighted by Crippen LogP contribution is 2.34. The molecule has 2 aliphatic rings. The highest BCUT2D eigenvalue weighted by atomic mass is 19.1. The smallest absolute Gasteiger partial charge is 0.118 e. The lowest BCUT2D eigenvalue weighted by Crippen LogP contribution is -2.39. The van der Waals surface area contributed by atoms with E-state index in [0.29, 0.717) is 5.92 Å². The zero-order chi connectivity index (χ0) is 7.68. The van der Waals surface area contributed by atoms with Gasteiger partial charge < -0.3 is 5.32 Å². The van der Waals surface area contributed by atoms with E-state index in [1.165, 1.54) is 6.42 Å².